The van der Waals surface area contributed by atoms with E-state index in [1.807, 2.05) is 0 Å². The molecule has 12 atom stereocenters. The van der Waals surface area contributed by atoms with Gasteiger partial charge in [0.05, 0.1) is 12.2 Å². The predicted octanol–water partition coefficient (Wildman–Crippen LogP) is -2.73. The average Bonchev–Trinajstić information content (AvgIpc) is 3.14. The fraction of sp³-hybridized carbons (Fsp3) is 0.412. The highest BCUT2D eigenvalue weighted by Gasteiger charge is 2.49. The first-order valence-corrected chi connectivity index (χ1v) is 16.5. The molecule has 22 nitrogen and oxygen atoms in total. The summed E-state index contributed by atoms with van der Waals surface area (Å²) >= 11 is 0. The number of hydrogen-bond donors (Lipinski definition) is 14. The molecule has 6 rings (SSSR count). The highest BCUT2D eigenvalue weighted by Crippen LogP contribution is 2.47. The molecule has 304 valence electrons. The molecule has 3 aromatic rings. The van der Waals surface area contributed by atoms with E-state index in [9.17, 15) is 81.1 Å². The van der Waals surface area contributed by atoms with Crippen LogP contribution in [0.4, 0.5) is 0 Å². The monoisotopic (exact) mass is 796 g/mol. The molecule has 0 bridgehead atoms. The quantitative estimate of drug-likeness (QED) is 0.0772. The number of ether oxygens (including phenoxy) is 6. The summed E-state index contributed by atoms with van der Waals surface area (Å²) < 4.78 is 32.8. The number of rotatable bonds is 9. The van der Waals surface area contributed by atoms with Gasteiger partial charge in [-0.1, -0.05) is 0 Å². The van der Waals surface area contributed by atoms with Gasteiger partial charge in [-0.15, -0.1) is 0 Å². The molecule has 3 aliphatic heterocycles. The molecule has 5 unspecified atom stereocenters. The van der Waals surface area contributed by atoms with Crippen LogP contribution in [0.25, 0.3) is 0 Å². The van der Waals surface area contributed by atoms with Crippen molar-refractivity contribution in [1.82, 2.24) is 0 Å². The molecule has 22 heteroatoms. The Bertz CT molecular complexity index is 1920. The van der Waals surface area contributed by atoms with Crippen molar-refractivity contribution in [3.8, 4) is 51.7 Å². The first-order valence-electron chi connectivity index (χ1n) is 16.5. The third-order valence-corrected chi connectivity index (χ3v) is 9.27. The maximum Gasteiger partial charge on any atom is 0.338 e. The summed E-state index contributed by atoms with van der Waals surface area (Å²) in [5.74, 6) is -9.17. The Labute approximate surface area is 312 Å². The minimum atomic E-state index is -2.08. The Balaban J connectivity index is 1.27. The number of phenols is 6. The lowest BCUT2D eigenvalue weighted by molar-refractivity contribution is -0.277. The Hall–Kier alpha value is -5.56. The van der Waals surface area contributed by atoms with Crippen molar-refractivity contribution in [2.45, 2.75) is 80.0 Å². The minimum Gasteiger partial charge on any atom is -0.507 e. The van der Waals surface area contributed by atoms with Crippen molar-refractivity contribution in [2.24, 2.45) is 0 Å². The van der Waals surface area contributed by atoms with Crippen molar-refractivity contribution < 1.29 is 110 Å². The van der Waals surface area contributed by atoms with E-state index in [0.717, 1.165) is 30.3 Å². The molecule has 2 fully saturated rings. The molecule has 0 aliphatic carbocycles. The lowest BCUT2D eigenvalue weighted by atomic mass is 9.93. The second kappa shape index (κ2) is 15.5. The van der Waals surface area contributed by atoms with Crippen molar-refractivity contribution >= 4 is 11.9 Å². The van der Waals surface area contributed by atoms with E-state index in [1.54, 1.807) is 0 Å². The molecule has 2 saturated heterocycles. The Morgan fingerprint density at radius 3 is 1.86 bits per heavy atom. The van der Waals surface area contributed by atoms with E-state index in [0.29, 0.717) is 0 Å². The van der Waals surface area contributed by atoms with Crippen molar-refractivity contribution in [3.05, 3.63) is 53.1 Å². The van der Waals surface area contributed by atoms with Crippen LogP contribution in [0.15, 0.2) is 36.4 Å². The number of aliphatic hydroxyl groups excluding tert-OH is 7. The average molecular weight is 797 g/mol. The number of carboxylic acids is 1. The van der Waals surface area contributed by atoms with E-state index < -0.39 is 138 Å². The number of hydrogen-bond acceptors (Lipinski definition) is 21. The Kier molecular flexibility index (Phi) is 11.1. The second-order valence-corrected chi connectivity index (χ2v) is 13.0. The van der Waals surface area contributed by atoms with Gasteiger partial charge in [0, 0.05) is 29.7 Å². The standard InChI is InChI=1S/C34H36O22/c35-8-20-22(42)23(43)26(46)33(54-20)51-11-5-13(36)12-7-19(28(52-18(12)6-11)9-1-14(37)21(41)15(38)2-9)53-32(50)10-3-16(39)29(17(40)4-10)55-34-27(47)24(44)25(45)30(56-34)31(48)49/h1-6,19-20,22-28,30,33-47H,7-8H2,(H,48,49)/t19-,20-,22-,23+,24?,25?,26-,27?,28-,30?,33-,34?/m1/s1. The molecule has 3 aliphatic rings. The number of aromatic hydroxyl groups is 6. The molecule has 0 amide bonds. The van der Waals surface area contributed by atoms with E-state index in [1.165, 1.54) is 6.07 Å². The lowest BCUT2D eigenvalue weighted by Gasteiger charge is -2.39. The number of phenolic OH excluding ortho intramolecular Hbond substituents is 6. The zero-order valence-corrected chi connectivity index (χ0v) is 28.3. The van der Waals surface area contributed by atoms with Crippen molar-refractivity contribution in [2.75, 3.05) is 6.61 Å². The smallest absolute Gasteiger partial charge is 0.338 e. The third-order valence-electron chi connectivity index (χ3n) is 9.27. The maximum absolute atomic E-state index is 13.5. The zero-order valence-electron chi connectivity index (χ0n) is 28.3. The summed E-state index contributed by atoms with van der Waals surface area (Å²) in [6.45, 7) is -0.750. The normalized spacial score (nSPS) is 31.4. The van der Waals surface area contributed by atoms with Gasteiger partial charge < -0.3 is 99.9 Å². The SMILES string of the molecule is O=C(O[C@@H]1Cc2c(O)cc(O[C@@H]3O[C@H](CO)[C@@H](O)[C@H](O)[C@H]3O)cc2O[C@@H]1c1cc(O)c(O)c(O)c1)c1cc(O)c(OC2OC(C(=O)O)C(O)C(O)C2O)c(O)c1. The van der Waals surface area contributed by atoms with Gasteiger partial charge in [-0.25, -0.2) is 9.59 Å². The molecule has 3 aromatic carbocycles. The molecule has 0 radical (unpaired) electrons. The molecule has 0 saturated carbocycles. The van der Waals surface area contributed by atoms with Crippen LogP contribution in [-0.4, -0.2) is 158 Å². The van der Waals surface area contributed by atoms with Gasteiger partial charge in [0.15, 0.2) is 41.0 Å². The van der Waals surface area contributed by atoms with E-state index in [-0.39, 0.29) is 29.0 Å². The number of fused-ring (bicyclic) bond motifs is 1. The van der Waals surface area contributed by atoms with E-state index >= 15 is 0 Å². The van der Waals surface area contributed by atoms with Gasteiger partial charge in [-0.3, -0.25) is 0 Å². The number of carbonyl (C=O) groups is 2. The number of benzene rings is 3. The summed E-state index contributed by atoms with van der Waals surface area (Å²) in [5, 5.41) is 142. The highest BCUT2D eigenvalue weighted by molar-refractivity contribution is 5.91. The van der Waals surface area contributed by atoms with Crippen LogP contribution in [0.2, 0.25) is 0 Å². The first-order chi connectivity index (χ1) is 26.4. The van der Waals surface area contributed by atoms with Gasteiger partial charge in [0.25, 0.3) is 0 Å². The van der Waals surface area contributed by atoms with Crippen LogP contribution < -0.4 is 14.2 Å². The van der Waals surface area contributed by atoms with E-state index in [2.05, 4.69) is 0 Å². The minimum absolute atomic E-state index is 0.000113. The van der Waals surface area contributed by atoms with Crippen LogP contribution >= 0.6 is 0 Å². The fourth-order valence-electron chi connectivity index (χ4n) is 6.29. The number of aliphatic carboxylic acids is 1. The summed E-state index contributed by atoms with van der Waals surface area (Å²) in [7, 11) is 0. The van der Waals surface area contributed by atoms with Crippen LogP contribution in [0, 0.1) is 0 Å². The third kappa shape index (κ3) is 7.52. The fourth-order valence-corrected chi connectivity index (χ4v) is 6.29. The van der Waals surface area contributed by atoms with Gasteiger partial charge in [0.2, 0.25) is 18.3 Å². The van der Waals surface area contributed by atoms with Crippen molar-refractivity contribution in [1.29, 1.82) is 0 Å². The number of carboxylic acid groups (broad SMARTS) is 1. The number of aliphatic hydroxyl groups is 7. The number of carbonyl (C=O) groups excluding carboxylic acids is 1. The molecular weight excluding hydrogens is 760 g/mol. The molecule has 14 N–H and O–H groups in total. The van der Waals surface area contributed by atoms with Gasteiger partial charge in [0.1, 0.15) is 66.1 Å². The Morgan fingerprint density at radius 1 is 0.679 bits per heavy atom. The molecular formula is C34H36O22. The summed E-state index contributed by atoms with van der Waals surface area (Å²) in [6, 6.07) is 5.64. The predicted molar refractivity (Wildman–Crippen MR) is 175 cm³/mol. The van der Waals surface area contributed by atoms with Crippen LogP contribution in [0.1, 0.15) is 27.6 Å². The maximum atomic E-state index is 13.5. The zero-order chi connectivity index (χ0) is 40.9. The lowest BCUT2D eigenvalue weighted by Crippen LogP contribution is -2.61. The summed E-state index contributed by atoms with van der Waals surface area (Å²) in [6.07, 6.45) is -21.9. The van der Waals surface area contributed by atoms with Gasteiger partial charge in [-0.05, 0) is 24.3 Å². The molecule has 0 spiro atoms. The molecule has 3 heterocycles. The van der Waals surface area contributed by atoms with Crippen molar-refractivity contribution in [3.63, 3.8) is 0 Å². The number of esters is 1. The molecule has 0 aromatic heterocycles. The second-order valence-electron chi connectivity index (χ2n) is 13.0. The van der Waals surface area contributed by atoms with E-state index in [4.69, 9.17) is 28.4 Å². The largest absolute Gasteiger partial charge is 0.507 e. The van der Waals surface area contributed by atoms with Crippen LogP contribution in [0.3, 0.4) is 0 Å². The highest BCUT2D eigenvalue weighted by atomic mass is 16.7. The Morgan fingerprint density at radius 2 is 1.27 bits per heavy atom. The first kappa shape index (κ1) is 40.1. The van der Waals surface area contributed by atoms with Crippen LogP contribution in [-0.2, 0) is 25.4 Å². The molecule has 56 heavy (non-hydrogen) atoms. The summed E-state index contributed by atoms with van der Waals surface area (Å²) in [5.41, 5.74) is -0.627. The topological polar surface area (TPSA) is 373 Å². The van der Waals surface area contributed by atoms with Crippen LogP contribution in [0.5, 0.6) is 51.7 Å². The van der Waals surface area contributed by atoms with Gasteiger partial charge in [-0.2, -0.15) is 0 Å². The van der Waals surface area contributed by atoms with Gasteiger partial charge >= 0.3 is 11.9 Å². The summed E-state index contributed by atoms with van der Waals surface area (Å²) in [4.78, 5) is 24.9.